The van der Waals surface area contributed by atoms with Crippen LogP contribution in [0.5, 0.6) is 0 Å². The van der Waals surface area contributed by atoms with Crippen molar-refractivity contribution in [3.8, 4) is 6.07 Å². The van der Waals surface area contributed by atoms with Crippen molar-refractivity contribution in [3.05, 3.63) is 29.3 Å². The Morgan fingerprint density at radius 3 is 2.70 bits per heavy atom. The molecule has 0 spiro atoms. The predicted octanol–water partition coefficient (Wildman–Crippen LogP) is 2.82. The summed E-state index contributed by atoms with van der Waals surface area (Å²) in [4.78, 5) is 12.1. The van der Waals surface area contributed by atoms with Crippen LogP contribution in [0.1, 0.15) is 37.8 Å². The quantitative estimate of drug-likeness (QED) is 0.836. The second-order valence-electron chi connectivity index (χ2n) is 5.59. The first-order valence-electron chi connectivity index (χ1n) is 6.97. The molecule has 1 aromatic carbocycles. The summed E-state index contributed by atoms with van der Waals surface area (Å²) in [5.74, 6) is 0.624. The van der Waals surface area contributed by atoms with E-state index in [1.54, 1.807) is 6.07 Å². The highest BCUT2D eigenvalue weighted by Gasteiger charge is 2.15. The molecule has 0 bridgehead atoms. The molecule has 1 amide bonds. The molecule has 108 valence electrons. The Kier molecular flexibility index (Phi) is 6.20. The standard InChI is InChI=1S/C16H23N3O/c1-11(2)7-13(9-17)8-16(20)19-15-6-4-5-12(3)14(15)10-18/h4-6,11,13H,7-9,17H2,1-3H3,(H,19,20). The highest BCUT2D eigenvalue weighted by atomic mass is 16.1. The summed E-state index contributed by atoms with van der Waals surface area (Å²) in [6.07, 6.45) is 1.33. The van der Waals surface area contributed by atoms with Crippen LogP contribution >= 0.6 is 0 Å². The lowest BCUT2D eigenvalue weighted by molar-refractivity contribution is -0.117. The van der Waals surface area contributed by atoms with E-state index in [0.29, 0.717) is 30.1 Å². The lowest BCUT2D eigenvalue weighted by atomic mass is 9.94. The zero-order valence-electron chi connectivity index (χ0n) is 12.4. The summed E-state index contributed by atoms with van der Waals surface area (Å²) in [5, 5.41) is 12.0. The van der Waals surface area contributed by atoms with E-state index >= 15 is 0 Å². The summed E-state index contributed by atoms with van der Waals surface area (Å²) in [7, 11) is 0. The highest BCUT2D eigenvalue weighted by Crippen LogP contribution is 2.20. The van der Waals surface area contributed by atoms with Gasteiger partial charge in [-0.25, -0.2) is 0 Å². The lowest BCUT2D eigenvalue weighted by Crippen LogP contribution is -2.23. The molecule has 1 aromatic rings. The van der Waals surface area contributed by atoms with E-state index in [2.05, 4.69) is 25.2 Å². The Morgan fingerprint density at radius 2 is 2.15 bits per heavy atom. The zero-order chi connectivity index (χ0) is 15.1. The molecule has 0 saturated heterocycles. The normalized spacial score (nSPS) is 12.0. The molecule has 20 heavy (non-hydrogen) atoms. The first kappa shape index (κ1) is 16.2. The van der Waals surface area contributed by atoms with E-state index in [-0.39, 0.29) is 11.8 Å². The highest BCUT2D eigenvalue weighted by molar-refractivity contribution is 5.92. The number of amides is 1. The smallest absolute Gasteiger partial charge is 0.224 e. The fourth-order valence-corrected chi connectivity index (χ4v) is 2.31. The minimum atomic E-state index is -0.0804. The van der Waals surface area contributed by atoms with Gasteiger partial charge in [-0.3, -0.25) is 4.79 Å². The molecule has 0 aliphatic carbocycles. The Morgan fingerprint density at radius 1 is 1.45 bits per heavy atom. The van der Waals surface area contributed by atoms with Crippen LogP contribution in [0.15, 0.2) is 18.2 Å². The van der Waals surface area contributed by atoms with E-state index in [9.17, 15) is 4.79 Å². The van der Waals surface area contributed by atoms with E-state index in [1.165, 1.54) is 0 Å². The van der Waals surface area contributed by atoms with Crippen LogP contribution in [0.2, 0.25) is 0 Å². The largest absolute Gasteiger partial charge is 0.330 e. The predicted molar refractivity (Wildman–Crippen MR) is 81.1 cm³/mol. The van der Waals surface area contributed by atoms with Gasteiger partial charge in [0.05, 0.1) is 11.3 Å². The lowest BCUT2D eigenvalue weighted by Gasteiger charge is -2.17. The Labute approximate surface area is 121 Å². The third-order valence-corrected chi connectivity index (χ3v) is 3.27. The molecule has 1 unspecified atom stereocenters. The average molecular weight is 273 g/mol. The second kappa shape index (κ2) is 7.66. The summed E-state index contributed by atoms with van der Waals surface area (Å²) >= 11 is 0. The van der Waals surface area contributed by atoms with Crippen LogP contribution in [0.4, 0.5) is 5.69 Å². The van der Waals surface area contributed by atoms with Gasteiger partial charge in [0.25, 0.3) is 0 Å². The van der Waals surface area contributed by atoms with Gasteiger partial charge in [0.15, 0.2) is 0 Å². The minimum Gasteiger partial charge on any atom is -0.330 e. The van der Waals surface area contributed by atoms with Gasteiger partial charge >= 0.3 is 0 Å². The number of hydrogen-bond donors (Lipinski definition) is 2. The van der Waals surface area contributed by atoms with E-state index in [1.807, 2.05) is 19.1 Å². The van der Waals surface area contributed by atoms with Gasteiger partial charge in [0, 0.05) is 6.42 Å². The Bertz CT molecular complexity index is 503. The summed E-state index contributed by atoms with van der Waals surface area (Å²) in [6, 6.07) is 7.57. The zero-order valence-corrected chi connectivity index (χ0v) is 12.4. The number of anilines is 1. The van der Waals surface area contributed by atoms with E-state index in [0.717, 1.165) is 12.0 Å². The molecular weight excluding hydrogens is 250 g/mol. The number of nitrogens with zero attached hydrogens (tertiary/aromatic N) is 1. The van der Waals surface area contributed by atoms with Crippen molar-refractivity contribution < 1.29 is 4.79 Å². The van der Waals surface area contributed by atoms with Crippen molar-refractivity contribution in [3.63, 3.8) is 0 Å². The molecular formula is C16H23N3O. The molecule has 1 atom stereocenters. The fourth-order valence-electron chi connectivity index (χ4n) is 2.31. The maximum atomic E-state index is 12.1. The van der Waals surface area contributed by atoms with Crippen LogP contribution < -0.4 is 11.1 Å². The number of nitriles is 1. The number of aryl methyl sites for hydroxylation is 1. The van der Waals surface area contributed by atoms with E-state index in [4.69, 9.17) is 11.0 Å². The number of nitrogens with two attached hydrogens (primary N) is 1. The fraction of sp³-hybridized carbons (Fsp3) is 0.500. The molecule has 1 rings (SSSR count). The number of rotatable bonds is 6. The third-order valence-electron chi connectivity index (χ3n) is 3.27. The van der Waals surface area contributed by atoms with Crippen molar-refractivity contribution in [2.45, 2.75) is 33.6 Å². The maximum absolute atomic E-state index is 12.1. The third kappa shape index (κ3) is 4.67. The molecule has 0 radical (unpaired) electrons. The summed E-state index contributed by atoms with van der Waals surface area (Å²) < 4.78 is 0. The van der Waals surface area contributed by atoms with E-state index < -0.39 is 0 Å². The van der Waals surface area contributed by atoms with Crippen molar-refractivity contribution in [2.24, 2.45) is 17.6 Å². The molecule has 0 heterocycles. The molecule has 0 aromatic heterocycles. The Hall–Kier alpha value is -1.86. The number of benzene rings is 1. The molecule has 3 N–H and O–H groups in total. The minimum absolute atomic E-state index is 0.0804. The molecule has 0 aliphatic heterocycles. The Balaban J connectivity index is 2.72. The van der Waals surface area contributed by atoms with Gasteiger partial charge in [-0.1, -0.05) is 26.0 Å². The van der Waals surface area contributed by atoms with Gasteiger partial charge < -0.3 is 11.1 Å². The van der Waals surface area contributed by atoms with Gasteiger partial charge in [-0.15, -0.1) is 0 Å². The monoisotopic (exact) mass is 273 g/mol. The number of carbonyl (C=O) groups is 1. The topological polar surface area (TPSA) is 78.9 Å². The second-order valence-corrected chi connectivity index (χ2v) is 5.59. The van der Waals surface area contributed by atoms with Gasteiger partial charge in [-0.05, 0) is 43.4 Å². The molecule has 0 fully saturated rings. The molecule has 0 saturated carbocycles. The first-order chi connectivity index (χ1) is 9.47. The van der Waals surface area contributed by atoms with Crippen LogP contribution in [0.3, 0.4) is 0 Å². The van der Waals surface area contributed by atoms with Crippen molar-refractivity contribution >= 4 is 11.6 Å². The van der Waals surface area contributed by atoms with Crippen molar-refractivity contribution in [2.75, 3.05) is 11.9 Å². The number of hydrogen-bond acceptors (Lipinski definition) is 3. The first-order valence-corrected chi connectivity index (χ1v) is 6.97. The van der Waals surface area contributed by atoms with Gasteiger partial charge in [0.2, 0.25) is 5.91 Å². The molecule has 4 nitrogen and oxygen atoms in total. The SMILES string of the molecule is Cc1cccc(NC(=O)CC(CN)CC(C)C)c1C#N. The van der Waals surface area contributed by atoms with Crippen LogP contribution in [0, 0.1) is 30.1 Å². The van der Waals surface area contributed by atoms with Crippen LogP contribution in [-0.4, -0.2) is 12.5 Å². The number of carbonyl (C=O) groups excluding carboxylic acids is 1. The number of nitrogens with one attached hydrogen (secondary N) is 1. The van der Waals surface area contributed by atoms with Crippen LogP contribution in [0.25, 0.3) is 0 Å². The summed E-state index contributed by atoms with van der Waals surface area (Å²) in [6.45, 7) is 6.60. The molecule has 4 heteroatoms. The average Bonchev–Trinajstić information content (AvgIpc) is 2.37. The van der Waals surface area contributed by atoms with Crippen molar-refractivity contribution in [1.29, 1.82) is 5.26 Å². The van der Waals surface area contributed by atoms with Gasteiger partial charge in [0.1, 0.15) is 6.07 Å². The van der Waals surface area contributed by atoms with Crippen molar-refractivity contribution in [1.82, 2.24) is 0 Å². The summed E-state index contributed by atoms with van der Waals surface area (Å²) in [5.41, 5.74) is 7.68. The maximum Gasteiger partial charge on any atom is 0.224 e. The van der Waals surface area contributed by atoms with Gasteiger partial charge in [-0.2, -0.15) is 5.26 Å². The molecule has 0 aliphatic rings. The van der Waals surface area contributed by atoms with Crippen LogP contribution in [-0.2, 0) is 4.79 Å².